The van der Waals surface area contributed by atoms with Gasteiger partial charge < -0.3 is 10.1 Å². The molecule has 0 spiro atoms. The lowest BCUT2D eigenvalue weighted by molar-refractivity contribution is -0.143. The number of rotatable bonds is 8. The molecular formula is C14H25NO3. The van der Waals surface area contributed by atoms with Crippen molar-refractivity contribution in [2.45, 2.75) is 64.4 Å². The molecule has 0 radical (unpaired) electrons. The number of amides is 1. The van der Waals surface area contributed by atoms with Gasteiger partial charge in [0.05, 0.1) is 5.92 Å². The third-order valence-corrected chi connectivity index (χ3v) is 3.60. The van der Waals surface area contributed by atoms with E-state index in [1.54, 1.807) is 0 Å². The normalized spacial score (nSPS) is 23.4. The van der Waals surface area contributed by atoms with Crippen LogP contribution in [-0.4, -0.2) is 25.0 Å². The van der Waals surface area contributed by atoms with Crippen molar-refractivity contribution >= 4 is 12.4 Å². The van der Waals surface area contributed by atoms with Crippen LogP contribution in [0.2, 0.25) is 0 Å². The van der Waals surface area contributed by atoms with E-state index in [0.29, 0.717) is 6.47 Å². The minimum atomic E-state index is -0.216. The molecule has 1 rings (SSSR count). The Kier molecular flexibility index (Phi) is 7.46. The van der Waals surface area contributed by atoms with E-state index in [0.717, 1.165) is 45.1 Å². The maximum Gasteiger partial charge on any atom is 0.293 e. The second kappa shape index (κ2) is 8.95. The molecule has 0 aliphatic heterocycles. The van der Waals surface area contributed by atoms with Gasteiger partial charge in [0.1, 0.15) is 6.10 Å². The van der Waals surface area contributed by atoms with Crippen LogP contribution in [0.4, 0.5) is 0 Å². The third-order valence-electron chi connectivity index (χ3n) is 3.60. The van der Waals surface area contributed by atoms with Gasteiger partial charge in [-0.3, -0.25) is 9.59 Å². The highest BCUT2D eigenvalue weighted by atomic mass is 16.5. The molecule has 2 atom stereocenters. The Hall–Kier alpha value is -1.06. The number of ether oxygens (including phenoxy) is 1. The summed E-state index contributed by atoms with van der Waals surface area (Å²) in [5.74, 6) is -0.0897. The maximum atomic E-state index is 12.0. The lowest BCUT2D eigenvalue weighted by atomic mass is 9.85. The number of nitrogens with one attached hydrogen (secondary N) is 1. The van der Waals surface area contributed by atoms with Crippen LogP contribution < -0.4 is 5.32 Å². The van der Waals surface area contributed by atoms with E-state index in [1.165, 1.54) is 12.8 Å². The van der Waals surface area contributed by atoms with Gasteiger partial charge in [-0.2, -0.15) is 0 Å². The summed E-state index contributed by atoms with van der Waals surface area (Å²) in [5, 5.41) is 2.96. The predicted molar refractivity (Wildman–Crippen MR) is 70.0 cm³/mol. The molecule has 18 heavy (non-hydrogen) atoms. The van der Waals surface area contributed by atoms with Crippen LogP contribution >= 0.6 is 0 Å². The second-order valence-corrected chi connectivity index (χ2v) is 5.01. The van der Waals surface area contributed by atoms with Crippen molar-refractivity contribution in [3.8, 4) is 0 Å². The Morgan fingerprint density at radius 2 is 2.06 bits per heavy atom. The molecule has 0 unspecified atom stereocenters. The average Bonchev–Trinajstić information content (AvgIpc) is 2.39. The fourth-order valence-electron chi connectivity index (χ4n) is 2.53. The van der Waals surface area contributed by atoms with E-state index in [9.17, 15) is 9.59 Å². The highest BCUT2D eigenvalue weighted by Gasteiger charge is 2.31. The summed E-state index contributed by atoms with van der Waals surface area (Å²) >= 11 is 0. The molecular weight excluding hydrogens is 230 g/mol. The van der Waals surface area contributed by atoms with Gasteiger partial charge >= 0.3 is 0 Å². The fourth-order valence-corrected chi connectivity index (χ4v) is 2.53. The summed E-state index contributed by atoms with van der Waals surface area (Å²) < 4.78 is 5.02. The van der Waals surface area contributed by atoms with Crippen LogP contribution in [-0.2, 0) is 14.3 Å². The molecule has 0 bridgehead atoms. The van der Waals surface area contributed by atoms with Crippen LogP contribution in [0.25, 0.3) is 0 Å². The van der Waals surface area contributed by atoms with Crippen molar-refractivity contribution < 1.29 is 14.3 Å². The molecule has 1 fully saturated rings. The van der Waals surface area contributed by atoms with Crippen molar-refractivity contribution in [3.63, 3.8) is 0 Å². The number of carbonyl (C=O) groups is 2. The topological polar surface area (TPSA) is 55.4 Å². The molecule has 0 heterocycles. The minimum Gasteiger partial charge on any atom is -0.464 e. The Morgan fingerprint density at radius 3 is 2.78 bits per heavy atom. The summed E-state index contributed by atoms with van der Waals surface area (Å²) in [7, 11) is 0. The van der Waals surface area contributed by atoms with E-state index in [-0.39, 0.29) is 17.9 Å². The molecule has 104 valence electrons. The molecule has 0 aromatic carbocycles. The van der Waals surface area contributed by atoms with E-state index < -0.39 is 0 Å². The first kappa shape index (κ1) is 15.0. The first-order valence-corrected chi connectivity index (χ1v) is 7.16. The Balaban J connectivity index is 2.27. The van der Waals surface area contributed by atoms with Gasteiger partial charge in [-0.1, -0.05) is 32.6 Å². The van der Waals surface area contributed by atoms with Crippen LogP contribution in [0.1, 0.15) is 58.3 Å². The fraction of sp³-hybridized carbons (Fsp3) is 0.857. The molecule has 1 aliphatic rings. The molecule has 1 saturated carbocycles. The van der Waals surface area contributed by atoms with Gasteiger partial charge in [0.2, 0.25) is 5.91 Å². The van der Waals surface area contributed by atoms with E-state index in [1.807, 2.05) is 0 Å². The summed E-state index contributed by atoms with van der Waals surface area (Å²) in [5.41, 5.74) is 0. The molecule has 0 saturated heterocycles. The summed E-state index contributed by atoms with van der Waals surface area (Å²) in [6, 6.07) is 0. The third kappa shape index (κ3) is 5.07. The molecule has 1 aliphatic carbocycles. The van der Waals surface area contributed by atoms with Crippen molar-refractivity contribution in [1.29, 1.82) is 0 Å². The Bertz CT molecular complexity index is 255. The molecule has 0 aromatic rings. The van der Waals surface area contributed by atoms with E-state index in [2.05, 4.69) is 12.2 Å². The van der Waals surface area contributed by atoms with Gasteiger partial charge in [-0.05, 0) is 25.7 Å². The predicted octanol–water partition coefficient (Wildman–Crippen LogP) is 2.41. The van der Waals surface area contributed by atoms with Crippen LogP contribution in [0, 0.1) is 5.92 Å². The van der Waals surface area contributed by atoms with Crippen LogP contribution in [0.3, 0.4) is 0 Å². The standard InChI is InChI=1S/C14H25NO3/c1-2-3-4-7-10-15-14(17)12-8-5-6-9-13(12)18-11-16/h11-13H,2-10H2,1H3,(H,15,17)/t12-,13-/m0/s1. The number of hydrogen-bond donors (Lipinski definition) is 1. The maximum absolute atomic E-state index is 12.0. The monoisotopic (exact) mass is 255 g/mol. The highest BCUT2D eigenvalue weighted by Crippen LogP contribution is 2.26. The van der Waals surface area contributed by atoms with Crippen molar-refractivity contribution in [3.05, 3.63) is 0 Å². The Labute approximate surface area is 109 Å². The molecule has 0 aromatic heterocycles. The number of unbranched alkanes of at least 4 members (excludes halogenated alkanes) is 3. The van der Waals surface area contributed by atoms with Crippen molar-refractivity contribution in [1.82, 2.24) is 5.32 Å². The van der Waals surface area contributed by atoms with Gasteiger partial charge in [0, 0.05) is 6.54 Å². The molecule has 1 N–H and O–H groups in total. The SMILES string of the molecule is CCCCCCNC(=O)[C@H]1CCCC[C@@H]1OC=O. The van der Waals surface area contributed by atoms with E-state index in [4.69, 9.17) is 4.74 Å². The summed E-state index contributed by atoms with van der Waals surface area (Å²) in [6.07, 6.45) is 8.13. The number of carbonyl (C=O) groups excluding carboxylic acids is 2. The van der Waals surface area contributed by atoms with Crippen molar-refractivity contribution in [2.75, 3.05) is 6.54 Å². The molecule has 4 nitrogen and oxygen atoms in total. The second-order valence-electron chi connectivity index (χ2n) is 5.01. The highest BCUT2D eigenvalue weighted by molar-refractivity contribution is 5.79. The quantitative estimate of drug-likeness (QED) is 0.535. The summed E-state index contributed by atoms with van der Waals surface area (Å²) in [4.78, 5) is 22.4. The minimum absolute atomic E-state index is 0.0537. The zero-order chi connectivity index (χ0) is 13.2. The Morgan fingerprint density at radius 1 is 1.28 bits per heavy atom. The van der Waals surface area contributed by atoms with E-state index >= 15 is 0 Å². The summed E-state index contributed by atoms with van der Waals surface area (Å²) in [6.45, 7) is 3.38. The van der Waals surface area contributed by atoms with Gasteiger partial charge in [-0.15, -0.1) is 0 Å². The van der Waals surface area contributed by atoms with Crippen LogP contribution in [0.15, 0.2) is 0 Å². The van der Waals surface area contributed by atoms with Crippen LogP contribution in [0.5, 0.6) is 0 Å². The largest absolute Gasteiger partial charge is 0.464 e. The van der Waals surface area contributed by atoms with Gasteiger partial charge in [0.15, 0.2) is 0 Å². The first-order chi connectivity index (χ1) is 8.79. The average molecular weight is 255 g/mol. The lowest BCUT2D eigenvalue weighted by Crippen LogP contribution is -2.40. The molecule has 1 amide bonds. The lowest BCUT2D eigenvalue weighted by Gasteiger charge is -2.28. The van der Waals surface area contributed by atoms with Gasteiger partial charge in [0.25, 0.3) is 6.47 Å². The van der Waals surface area contributed by atoms with Crippen molar-refractivity contribution in [2.24, 2.45) is 5.92 Å². The smallest absolute Gasteiger partial charge is 0.293 e. The van der Waals surface area contributed by atoms with Gasteiger partial charge in [-0.25, -0.2) is 0 Å². The zero-order valence-electron chi connectivity index (χ0n) is 11.3. The first-order valence-electron chi connectivity index (χ1n) is 7.16. The number of hydrogen-bond acceptors (Lipinski definition) is 3. The molecule has 4 heteroatoms. The zero-order valence-corrected chi connectivity index (χ0v) is 11.3.